The molecule has 1 aromatic rings. The maximum atomic E-state index is 12.9. The van der Waals surface area contributed by atoms with Gasteiger partial charge < -0.3 is 5.11 Å². The summed E-state index contributed by atoms with van der Waals surface area (Å²) < 4.78 is 38.7. The van der Waals surface area contributed by atoms with Crippen LogP contribution in [0.4, 0.5) is 13.2 Å². The lowest BCUT2D eigenvalue weighted by Crippen LogP contribution is -2.22. The van der Waals surface area contributed by atoms with Gasteiger partial charge in [0, 0.05) is 0 Å². The van der Waals surface area contributed by atoms with Gasteiger partial charge in [-0.3, -0.25) is 4.79 Å². The molecule has 0 aromatic heterocycles. The lowest BCUT2D eigenvalue weighted by Gasteiger charge is -2.28. The van der Waals surface area contributed by atoms with E-state index < -0.39 is 23.6 Å². The molecule has 0 saturated heterocycles. The number of hydrogen-bond acceptors (Lipinski definition) is 1. The molecule has 0 bridgehead atoms. The number of rotatable bonds is 2. The Hall–Kier alpha value is -1.52. The van der Waals surface area contributed by atoms with Gasteiger partial charge in [-0.15, -0.1) is 0 Å². The van der Waals surface area contributed by atoms with Gasteiger partial charge in [-0.25, -0.2) is 0 Å². The van der Waals surface area contributed by atoms with Crippen molar-refractivity contribution in [2.75, 3.05) is 0 Å². The first kappa shape index (κ1) is 13.9. The molecular weight excluding hydrogens is 257 g/mol. The van der Waals surface area contributed by atoms with Crippen LogP contribution in [0.2, 0.25) is 0 Å². The molecule has 0 amide bonds. The van der Waals surface area contributed by atoms with Gasteiger partial charge in [0.15, 0.2) is 0 Å². The summed E-state index contributed by atoms with van der Waals surface area (Å²) in [5.74, 6) is -1.44. The zero-order valence-corrected chi connectivity index (χ0v) is 10.3. The maximum absolute atomic E-state index is 12.9. The molecule has 0 aliphatic heterocycles. The quantitative estimate of drug-likeness (QED) is 0.881. The van der Waals surface area contributed by atoms with Gasteiger partial charge in [0.2, 0.25) is 0 Å². The summed E-state index contributed by atoms with van der Waals surface area (Å²) in [6, 6.07) is 5.59. The molecular formula is C14H15F3O2. The van der Waals surface area contributed by atoms with Crippen LogP contribution in [0.25, 0.3) is 0 Å². The van der Waals surface area contributed by atoms with E-state index in [-0.39, 0.29) is 5.92 Å². The molecule has 5 heteroatoms. The van der Waals surface area contributed by atoms with Crippen LogP contribution in [0.5, 0.6) is 0 Å². The van der Waals surface area contributed by atoms with Gasteiger partial charge in [-0.1, -0.05) is 18.2 Å². The van der Waals surface area contributed by atoms with Gasteiger partial charge in [-0.2, -0.15) is 13.2 Å². The minimum Gasteiger partial charge on any atom is -0.481 e. The minimum absolute atomic E-state index is 0.187. The summed E-state index contributed by atoms with van der Waals surface area (Å²) in [4.78, 5) is 10.8. The van der Waals surface area contributed by atoms with Crippen molar-refractivity contribution in [2.45, 2.75) is 37.8 Å². The van der Waals surface area contributed by atoms with E-state index >= 15 is 0 Å². The fraction of sp³-hybridized carbons (Fsp3) is 0.500. The summed E-state index contributed by atoms with van der Waals surface area (Å²) in [7, 11) is 0. The van der Waals surface area contributed by atoms with Crippen molar-refractivity contribution in [3.05, 3.63) is 35.4 Å². The predicted octanol–water partition coefficient (Wildman–Crippen LogP) is 4.06. The highest BCUT2D eigenvalue weighted by atomic mass is 19.4. The number of carboxylic acids is 1. The first-order chi connectivity index (χ1) is 8.89. The number of hydrogen-bond donors (Lipinski definition) is 1. The molecule has 1 aromatic carbocycles. The highest BCUT2D eigenvalue weighted by Gasteiger charge is 2.36. The summed E-state index contributed by atoms with van der Waals surface area (Å²) in [5, 5.41) is 8.90. The minimum atomic E-state index is -4.35. The second kappa shape index (κ2) is 5.23. The molecule has 1 aliphatic rings. The van der Waals surface area contributed by atoms with Crippen LogP contribution in [0.1, 0.15) is 42.7 Å². The zero-order chi connectivity index (χ0) is 14.0. The Morgan fingerprint density at radius 3 is 2.21 bits per heavy atom. The fourth-order valence-electron chi connectivity index (χ4n) is 2.76. The lowest BCUT2D eigenvalue weighted by molar-refractivity contribution is -0.143. The van der Waals surface area contributed by atoms with E-state index in [1.165, 1.54) is 12.1 Å². The smallest absolute Gasteiger partial charge is 0.416 e. The van der Waals surface area contributed by atoms with Crippen molar-refractivity contribution in [2.24, 2.45) is 5.92 Å². The van der Waals surface area contributed by atoms with Crippen molar-refractivity contribution in [1.29, 1.82) is 0 Å². The SMILES string of the molecule is O=C(O)C1CCC(c2ccccc2C(F)(F)F)CC1. The van der Waals surface area contributed by atoms with E-state index in [2.05, 4.69) is 0 Å². The molecule has 0 heterocycles. The highest BCUT2D eigenvalue weighted by molar-refractivity contribution is 5.70. The van der Waals surface area contributed by atoms with Gasteiger partial charge in [0.25, 0.3) is 0 Å². The third-order valence-corrected chi connectivity index (χ3v) is 3.78. The van der Waals surface area contributed by atoms with E-state index in [0.717, 1.165) is 6.07 Å². The van der Waals surface area contributed by atoms with Gasteiger partial charge in [0.1, 0.15) is 0 Å². The van der Waals surface area contributed by atoms with Crippen molar-refractivity contribution < 1.29 is 23.1 Å². The van der Waals surface area contributed by atoms with Crippen LogP contribution in [-0.2, 0) is 11.0 Å². The number of carboxylic acid groups (broad SMARTS) is 1. The van der Waals surface area contributed by atoms with E-state index in [4.69, 9.17) is 5.11 Å². The maximum Gasteiger partial charge on any atom is 0.416 e. The number of halogens is 3. The highest BCUT2D eigenvalue weighted by Crippen LogP contribution is 2.41. The summed E-state index contributed by atoms with van der Waals surface area (Å²) >= 11 is 0. The normalized spacial score (nSPS) is 24.2. The van der Waals surface area contributed by atoms with Crippen molar-refractivity contribution in [3.8, 4) is 0 Å². The van der Waals surface area contributed by atoms with E-state index in [9.17, 15) is 18.0 Å². The monoisotopic (exact) mass is 272 g/mol. The molecule has 104 valence electrons. The first-order valence-corrected chi connectivity index (χ1v) is 6.28. The predicted molar refractivity (Wildman–Crippen MR) is 63.8 cm³/mol. The molecule has 0 atom stereocenters. The van der Waals surface area contributed by atoms with Crippen molar-refractivity contribution >= 4 is 5.97 Å². The molecule has 1 fully saturated rings. The summed E-state index contributed by atoms with van der Waals surface area (Å²) in [6.07, 6.45) is -2.44. The Morgan fingerprint density at radius 2 is 1.68 bits per heavy atom. The number of carbonyl (C=O) groups is 1. The van der Waals surface area contributed by atoms with Crippen molar-refractivity contribution in [1.82, 2.24) is 0 Å². The largest absolute Gasteiger partial charge is 0.481 e. The van der Waals surface area contributed by atoms with Gasteiger partial charge in [0.05, 0.1) is 11.5 Å². The molecule has 2 nitrogen and oxygen atoms in total. The van der Waals surface area contributed by atoms with Crippen molar-refractivity contribution in [3.63, 3.8) is 0 Å². The van der Waals surface area contributed by atoms with Crippen LogP contribution in [0.3, 0.4) is 0 Å². The molecule has 0 radical (unpaired) electrons. The average Bonchev–Trinajstić information content (AvgIpc) is 2.38. The molecule has 1 aliphatic carbocycles. The molecule has 1 saturated carbocycles. The van der Waals surface area contributed by atoms with Crippen LogP contribution < -0.4 is 0 Å². The molecule has 1 N–H and O–H groups in total. The molecule has 0 unspecified atom stereocenters. The number of benzene rings is 1. The lowest BCUT2D eigenvalue weighted by atomic mass is 9.77. The Bertz CT molecular complexity index is 460. The van der Waals surface area contributed by atoms with E-state index in [1.807, 2.05) is 0 Å². The van der Waals surface area contributed by atoms with Gasteiger partial charge in [-0.05, 0) is 43.2 Å². The van der Waals surface area contributed by atoms with Crippen LogP contribution in [-0.4, -0.2) is 11.1 Å². The summed E-state index contributed by atoms with van der Waals surface area (Å²) in [5.41, 5.74) is -0.285. The van der Waals surface area contributed by atoms with Crippen LogP contribution in [0, 0.1) is 5.92 Å². The molecule has 19 heavy (non-hydrogen) atoms. The first-order valence-electron chi connectivity index (χ1n) is 6.28. The fourth-order valence-corrected chi connectivity index (χ4v) is 2.76. The Kier molecular flexibility index (Phi) is 3.83. The standard InChI is InChI=1S/C14H15F3O2/c15-14(16,17)12-4-2-1-3-11(12)9-5-7-10(8-6-9)13(18)19/h1-4,9-10H,5-8H2,(H,18,19). The topological polar surface area (TPSA) is 37.3 Å². The number of alkyl halides is 3. The Morgan fingerprint density at radius 1 is 1.11 bits per heavy atom. The third kappa shape index (κ3) is 3.08. The number of aliphatic carboxylic acids is 1. The van der Waals surface area contributed by atoms with E-state index in [1.54, 1.807) is 6.07 Å². The Balaban J connectivity index is 2.18. The van der Waals surface area contributed by atoms with Crippen LogP contribution >= 0.6 is 0 Å². The second-order valence-corrected chi connectivity index (χ2v) is 4.97. The second-order valence-electron chi connectivity index (χ2n) is 4.97. The van der Waals surface area contributed by atoms with E-state index in [0.29, 0.717) is 31.2 Å². The Labute approximate surface area is 109 Å². The molecule has 2 rings (SSSR count). The average molecular weight is 272 g/mol. The third-order valence-electron chi connectivity index (χ3n) is 3.78. The van der Waals surface area contributed by atoms with Gasteiger partial charge >= 0.3 is 12.1 Å². The summed E-state index contributed by atoms with van der Waals surface area (Å²) in [6.45, 7) is 0. The van der Waals surface area contributed by atoms with Crippen LogP contribution in [0.15, 0.2) is 24.3 Å². The molecule has 0 spiro atoms. The zero-order valence-electron chi connectivity index (χ0n) is 10.3.